The van der Waals surface area contributed by atoms with Crippen LogP contribution in [0, 0.1) is 0 Å². The lowest BCUT2D eigenvalue weighted by Crippen LogP contribution is -2.30. The zero-order chi connectivity index (χ0) is 40.8. The highest BCUT2D eigenvalue weighted by molar-refractivity contribution is 5.71. The number of rotatable bonds is 37. The highest BCUT2D eigenvalue weighted by Gasteiger charge is 2.19. The van der Waals surface area contributed by atoms with E-state index in [0.29, 0.717) is 19.3 Å². The Hall–Kier alpha value is -3.93. The van der Waals surface area contributed by atoms with E-state index in [0.717, 1.165) is 103 Å². The molecule has 0 aromatic carbocycles. The molecule has 0 saturated heterocycles. The van der Waals surface area contributed by atoms with E-state index in [1.54, 1.807) is 0 Å². The molecule has 0 aliphatic rings. The highest BCUT2D eigenvalue weighted by atomic mass is 16.6. The summed E-state index contributed by atoms with van der Waals surface area (Å²) in [6.07, 6.45) is 58.1. The van der Waals surface area contributed by atoms with Crippen molar-refractivity contribution in [1.82, 2.24) is 0 Å². The number of carbonyl (C=O) groups is 3. The van der Waals surface area contributed by atoms with Crippen molar-refractivity contribution in [3.63, 3.8) is 0 Å². The number of unbranched alkanes of at least 4 members (excludes halogenated alkanes) is 8. The second-order valence-electron chi connectivity index (χ2n) is 13.8. The second kappa shape index (κ2) is 43.8. The maximum Gasteiger partial charge on any atom is 0.306 e. The van der Waals surface area contributed by atoms with E-state index in [-0.39, 0.29) is 44.0 Å². The normalized spacial score (nSPS) is 13.1. The quantitative estimate of drug-likeness (QED) is 0.0271. The van der Waals surface area contributed by atoms with Crippen LogP contribution in [0.2, 0.25) is 0 Å². The molecule has 0 amide bonds. The Morgan fingerprint density at radius 3 is 1.07 bits per heavy atom. The Morgan fingerprint density at radius 1 is 0.357 bits per heavy atom. The molecule has 1 unspecified atom stereocenters. The van der Waals surface area contributed by atoms with Gasteiger partial charge >= 0.3 is 17.9 Å². The molecule has 0 N–H and O–H groups in total. The van der Waals surface area contributed by atoms with Crippen LogP contribution in [0.1, 0.15) is 168 Å². The van der Waals surface area contributed by atoms with Crippen LogP contribution in [-0.2, 0) is 28.6 Å². The summed E-state index contributed by atoms with van der Waals surface area (Å²) in [6.45, 7) is 6.14. The van der Waals surface area contributed by atoms with Gasteiger partial charge in [-0.1, -0.05) is 156 Å². The zero-order valence-electron chi connectivity index (χ0n) is 35.6. The minimum atomic E-state index is -0.829. The maximum absolute atomic E-state index is 12.7. The van der Waals surface area contributed by atoms with Crippen LogP contribution < -0.4 is 0 Å². The van der Waals surface area contributed by atoms with Gasteiger partial charge in [0.15, 0.2) is 6.10 Å². The molecule has 0 aliphatic carbocycles. The summed E-state index contributed by atoms with van der Waals surface area (Å²) in [7, 11) is 0. The fraction of sp³-hybridized carbons (Fsp3) is 0.580. The Bertz CT molecular complexity index is 1210. The lowest BCUT2D eigenvalue weighted by atomic mass is 10.1. The molecule has 0 bridgehead atoms. The van der Waals surface area contributed by atoms with Gasteiger partial charge < -0.3 is 14.2 Å². The van der Waals surface area contributed by atoms with Gasteiger partial charge in [0.05, 0.1) is 0 Å². The summed E-state index contributed by atoms with van der Waals surface area (Å²) in [4.78, 5) is 37.6. The van der Waals surface area contributed by atoms with E-state index < -0.39 is 6.10 Å². The molecule has 0 radical (unpaired) electrons. The summed E-state index contributed by atoms with van der Waals surface area (Å²) < 4.78 is 16.6. The molecule has 314 valence electrons. The Kier molecular flexibility index (Phi) is 40.7. The second-order valence-corrected chi connectivity index (χ2v) is 13.8. The van der Waals surface area contributed by atoms with Crippen LogP contribution in [0.25, 0.3) is 0 Å². The van der Waals surface area contributed by atoms with Crippen LogP contribution in [-0.4, -0.2) is 37.2 Å². The maximum atomic E-state index is 12.7. The first-order valence-corrected chi connectivity index (χ1v) is 21.9. The van der Waals surface area contributed by atoms with Crippen LogP contribution in [0.3, 0.4) is 0 Å². The number of hydrogen-bond acceptors (Lipinski definition) is 6. The van der Waals surface area contributed by atoms with E-state index in [2.05, 4.69) is 130 Å². The molecule has 6 nitrogen and oxygen atoms in total. The topological polar surface area (TPSA) is 78.9 Å². The lowest BCUT2D eigenvalue weighted by Gasteiger charge is -2.18. The van der Waals surface area contributed by atoms with Gasteiger partial charge in [0.25, 0.3) is 0 Å². The summed E-state index contributed by atoms with van der Waals surface area (Å²) in [5.74, 6) is -1.06. The van der Waals surface area contributed by atoms with E-state index in [9.17, 15) is 14.4 Å². The van der Waals surface area contributed by atoms with Crippen LogP contribution in [0.4, 0.5) is 0 Å². The number of carbonyl (C=O) groups excluding carboxylic acids is 3. The molecule has 0 saturated carbocycles. The van der Waals surface area contributed by atoms with Crippen molar-refractivity contribution in [2.24, 2.45) is 0 Å². The third kappa shape index (κ3) is 41.2. The summed E-state index contributed by atoms with van der Waals surface area (Å²) >= 11 is 0. The minimum absolute atomic E-state index is 0.124. The van der Waals surface area contributed by atoms with Crippen molar-refractivity contribution in [1.29, 1.82) is 0 Å². The Balaban J connectivity index is 4.52. The molecule has 0 spiro atoms. The average Bonchev–Trinajstić information content (AvgIpc) is 3.19. The van der Waals surface area contributed by atoms with Crippen LogP contribution in [0.5, 0.6) is 0 Å². The summed E-state index contributed by atoms with van der Waals surface area (Å²) in [5, 5.41) is 0. The molecule has 0 fully saturated rings. The largest absolute Gasteiger partial charge is 0.462 e. The van der Waals surface area contributed by atoms with Crippen molar-refractivity contribution in [3.05, 3.63) is 109 Å². The average molecular weight is 775 g/mol. The Labute approximate surface area is 342 Å². The molecular formula is C50H78O6. The number of ether oxygens (including phenoxy) is 3. The Morgan fingerprint density at radius 2 is 0.661 bits per heavy atom. The van der Waals surface area contributed by atoms with Crippen molar-refractivity contribution >= 4 is 17.9 Å². The van der Waals surface area contributed by atoms with Crippen molar-refractivity contribution in [2.75, 3.05) is 13.2 Å². The van der Waals surface area contributed by atoms with Gasteiger partial charge in [0.1, 0.15) is 13.2 Å². The SMILES string of the molecule is CC/C=C\C/C=C\C/C=C\CCCCCCCCC(=O)OCC(COC(=O)CCC/C=C\C/C=C\C/C=C\CC)OC(=O)CCC/C=C\C/C=C\C/C=C\CC. The monoisotopic (exact) mass is 775 g/mol. The van der Waals surface area contributed by atoms with Gasteiger partial charge in [-0.2, -0.15) is 0 Å². The summed E-state index contributed by atoms with van der Waals surface area (Å²) in [5.41, 5.74) is 0. The van der Waals surface area contributed by atoms with E-state index in [1.807, 2.05) is 0 Å². The fourth-order valence-corrected chi connectivity index (χ4v) is 5.32. The van der Waals surface area contributed by atoms with Gasteiger partial charge in [-0.3, -0.25) is 14.4 Å². The molecular weight excluding hydrogens is 697 g/mol. The third-order valence-corrected chi connectivity index (χ3v) is 8.50. The zero-order valence-corrected chi connectivity index (χ0v) is 35.6. The van der Waals surface area contributed by atoms with Gasteiger partial charge in [-0.15, -0.1) is 0 Å². The van der Waals surface area contributed by atoms with Gasteiger partial charge in [0.2, 0.25) is 0 Å². The van der Waals surface area contributed by atoms with Crippen molar-refractivity contribution < 1.29 is 28.6 Å². The van der Waals surface area contributed by atoms with Crippen LogP contribution in [0.15, 0.2) is 109 Å². The molecule has 0 heterocycles. The first kappa shape index (κ1) is 52.1. The molecule has 0 aliphatic heterocycles. The molecule has 0 aromatic heterocycles. The minimum Gasteiger partial charge on any atom is -0.462 e. The van der Waals surface area contributed by atoms with Gasteiger partial charge in [-0.05, 0) is 103 Å². The number of hydrogen-bond donors (Lipinski definition) is 0. The highest BCUT2D eigenvalue weighted by Crippen LogP contribution is 2.11. The standard InChI is InChI=1S/C50H78O6/c1-4-7-10-13-16-19-22-23-24-25-26-29-31-34-37-40-43-49(52)55-46-47(56-50(53)44-41-38-35-32-28-21-18-15-12-9-6-3)45-54-48(51)42-39-36-33-30-27-20-17-14-11-8-5-2/h7-12,16-21,23-24,30,32-33,35,47H,4-6,13-15,22,25-29,31,34,36-46H2,1-3H3/b10-7-,11-8-,12-9-,19-16-,20-17-,21-18-,24-23-,33-30-,35-32-. The third-order valence-electron chi connectivity index (χ3n) is 8.50. The molecule has 56 heavy (non-hydrogen) atoms. The predicted molar refractivity (Wildman–Crippen MR) is 237 cm³/mol. The molecule has 1 atom stereocenters. The molecule has 0 aromatic rings. The van der Waals surface area contributed by atoms with Crippen molar-refractivity contribution in [3.8, 4) is 0 Å². The smallest absolute Gasteiger partial charge is 0.306 e. The van der Waals surface area contributed by atoms with Gasteiger partial charge in [-0.25, -0.2) is 0 Å². The first-order valence-electron chi connectivity index (χ1n) is 21.9. The van der Waals surface area contributed by atoms with E-state index in [1.165, 1.54) is 12.8 Å². The molecule has 0 rings (SSSR count). The number of esters is 3. The number of allylic oxidation sites excluding steroid dienone is 18. The van der Waals surface area contributed by atoms with Crippen molar-refractivity contribution in [2.45, 2.75) is 175 Å². The predicted octanol–water partition coefficient (Wildman–Crippen LogP) is 14.0. The van der Waals surface area contributed by atoms with E-state index >= 15 is 0 Å². The van der Waals surface area contributed by atoms with Crippen LogP contribution >= 0.6 is 0 Å². The van der Waals surface area contributed by atoms with Gasteiger partial charge in [0, 0.05) is 19.3 Å². The first-order chi connectivity index (χ1) is 27.5. The van der Waals surface area contributed by atoms with E-state index in [4.69, 9.17) is 14.2 Å². The molecule has 6 heteroatoms. The fourth-order valence-electron chi connectivity index (χ4n) is 5.32. The lowest BCUT2D eigenvalue weighted by molar-refractivity contribution is -0.167. The summed E-state index contributed by atoms with van der Waals surface area (Å²) in [6, 6.07) is 0.